The van der Waals surface area contributed by atoms with Crippen LogP contribution in [-0.4, -0.2) is 16.6 Å². The molecular formula is C15H17ClN2O. The standard InChI is InChI=1S/C15H16N2O.ClH/c1-2-16-13-8-4-7-12-11-6-3-5-10(18)9-14(11)17-15(12)13;/h3-5,7-9,16-18H,2,6H2,1H3;1H. The summed E-state index contributed by atoms with van der Waals surface area (Å²) in [6.45, 7) is 2.98. The Balaban J connectivity index is 0.00000133. The summed E-state index contributed by atoms with van der Waals surface area (Å²) in [5.41, 5.74) is 4.46. The predicted molar refractivity (Wildman–Crippen MR) is 83.2 cm³/mol. The predicted octanol–water partition coefficient (Wildman–Crippen LogP) is 4.03. The van der Waals surface area contributed by atoms with E-state index >= 15 is 0 Å². The van der Waals surface area contributed by atoms with Crippen molar-refractivity contribution in [2.45, 2.75) is 13.3 Å². The molecule has 0 saturated heterocycles. The topological polar surface area (TPSA) is 48.0 Å². The fourth-order valence-electron chi connectivity index (χ4n) is 2.47. The van der Waals surface area contributed by atoms with Crippen molar-refractivity contribution in [3.8, 4) is 0 Å². The first-order chi connectivity index (χ1) is 8.79. The third-order valence-corrected chi connectivity index (χ3v) is 3.24. The summed E-state index contributed by atoms with van der Waals surface area (Å²) >= 11 is 0. The average Bonchev–Trinajstić information content (AvgIpc) is 2.59. The van der Waals surface area contributed by atoms with E-state index in [1.165, 1.54) is 10.9 Å². The molecule has 1 aromatic carbocycles. The molecule has 4 heteroatoms. The average molecular weight is 277 g/mol. The van der Waals surface area contributed by atoms with E-state index in [9.17, 15) is 5.11 Å². The lowest BCUT2D eigenvalue weighted by Gasteiger charge is -2.04. The van der Waals surface area contributed by atoms with Crippen molar-refractivity contribution in [2.24, 2.45) is 0 Å². The highest BCUT2D eigenvalue weighted by Gasteiger charge is 2.13. The summed E-state index contributed by atoms with van der Waals surface area (Å²) in [4.78, 5) is 3.40. The van der Waals surface area contributed by atoms with Crippen LogP contribution in [0.5, 0.6) is 0 Å². The van der Waals surface area contributed by atoms with E-state index in [0.717, 1.165) is 29.9 Å². The minimum atomic E-state index is 0. The lowest BCUT2D eigenvalue weighted by Crippen LogP contribution is -1.96. The molecule has 0 bridgehead atoms. The maximum Gasteiger partial charge on any atom is 0.117 e. The number of rotatable bonds is 2. The molecule has 19 heavy (non-hydrogen) atoms. The van der Waals surface area contributed by atoms with Gasteiger partial charge in [-0.2, -0.15) is 0 Å². The van der Waals surface area contributed by atoms with Crippen LogP contribution in [0.4, 0.5) is 5.69 Å². The number of allylic oxidation sites excluding steroid dienone is 2. The zero-order valence-electron chi connectivity index (χ0n) is 10.7. The molecule has 0 fully saturated rings. The molecule has 2 aromatic rings. The van der Waals surface area contributed by atoms with Crippen LogP contribution in [-0.2, 0) is 6.42 Å². The Hall–Kier alpha value is -1.87. The van der Waals surface area contributed by atoms with Gasteiger partial charge >= 0.3 is 0 Å². The van der Waals surface area contributed by atoms with Gasteiger partial charge in [0.05, 0.1) is 11.2 Å². The van der Waals surface area contributed by atoms with Gasteiger partial charge in [0.15, 0.2) is 0 Å². The molecule has 0 radical (unpaired) electrons. The fourth-order valence-corrected chi connectivity index (χ4v) is 2.47. The van der Waals surface area contributed by atoms with Crippen molar-refractivity contribution in [2.75, 3.05) is 11.9 Å². The second-order valence-electron chi connectivity index (χ2n) is 4.45. The van der Waals surface area contributed by atoms with Crippen LogP contribution in [0.1, 0.15) is 18.2 Å². The molecule has 1 aliphatic rings. The number of anilines is 1. The number of aromatic amines is 1. The van der Waals surface area contributed by atoms with E-state index in [1.807, 2.05) is 6.08 Å². The number of benzene rings is 1. The van der Waals surface area contributed by atoms with Crippen LogP contribution >= 0.6 is 12.4 Å². The van der Waals surface area contributed by atoms with E-state index in [0.29, 0.717) is 5.76 Å². The van der Waals surface area contributed by atoms with Crippen LogP contribution < -0.4 is 5.32 Å². The first kappa shape index (κ1) is 13.6. The van der Waals surface area contributed by atoms with Gasteiger partial charge in [-0.3, -0.25) is 0 Å². The van der Waals surface area contributed by atoms with Gasteiger partial charge in [0, 0.05) is 23.7 Å². The molecule has 3 nitrogen and oxygen atoms in total. The van der Waals surface area contributed by atoms with Crippen LogP contribution in [0, 0.1) is 0 Å². The summed E-state index contributed by atoms with van der Waals surface area (Å²) in [6, 6.07) is 6.25. The Labute approximate surface area is 118 Å². The van der Waals surface area contributed by atoms with Gasteiger partial charge < -0.3 is 15.4 Å². The molecule has 0 spiro atoms. The smallest absolute Gasteiger partial charge is 0.117 e. The Kier molecular flexibility index (Phi) is 3.86. The van der Waals surface area contributed by atoms with Gasteiger partial charge in [-0.1, -0.05) is 18.2 Å². The highest BCUT2D eigenvalue weighted by molar-refractivity contribution is 5.96. The second-order valence-corrected chi connectivity index (χ2v) is 4.45. The van der Waals surface area contributed by atoms with Crippen LogP contribution in [0.3, 0.4) is 0 Å². The van der Waals surface area contributed by atoms with Crippen molar-refractivity contribution in [1.29, 1.82) is 0 Å². The number of hydrogen-bond donors (Lipinski definition) is 3. The quantitative estimate of drug-likeness (QED) is 0.775. The fraction of sp³-hybridized carbons (Fsp3) is 0.200. The molecule has 0 aliphatic heterocycles. The summed E-state index contributed by atoms with van der Waals surface area (Å²) in [5.74, 6) is 0.297. The summed E-state index contributed by atoms with van der Waals surface area (Å²) < 4.78 is 0. The molecule has 0 atom stereocenters. The van der Waals surface area contributed by atoms with Crippen LogP contribution in [0.25, 0.3) is 17.0 Å². The number of aliphatic hydroxyl groups is 1. The van der Waals surface area contributed by atoms with Crippen molar-refractivity contribution < 1.29 is 5.11 Å². The lowest BCUT2D eigenvalue weighted by molar-refractivity contribution is 0.437. The molecular weight excluding hydrogens is 260 g/mol. The van der Waals surface area contributed by atoms with E-state index in [1.54, 1.807) is 12.2 Å². The summed E-state index contributed by atoms with van der Waals surface area (Å²) in [5, 5.41) is 14.2. The number of H-pyrrole nitrogens is 1. The maximum absolute atomic E-state index is 9.67. The zero-order valence-corrected chi connectivity index (χ0v) is 11.6. The molecule has 100 valence electrons. The molecule has 0 saturated carbocycles. The molecule has 3 N–H and O–H groups in total. The lowest BCUT2D eigenvalue weighted by atomic mass is 10.1. The zero-order chi connectivity index (χ0) is 12.5. The van der Waals surface area contributed by atoms with Gasteiger partial charge in [-0.25, -0.2) is 0 Å². The van der Waals surface area contributed by atoms with Gasteiger partial charge in [0.25, 0.3) is 0 Å². The Bertz CT molecular complexity index is 655. The Morgan fingerprint density at radius 2 is 2.21 bits per heavy atom. The third-order valence-electron chi connectivity index (χ3n) is 3.24. The SMILES string of the molecule is CCNc1cccc2c3c([nH]c12)C=C(O)C=CC3.Cl. The molecule has 1 aromatic heterocycles. The number of nitrogens with one attached hydrogen (secondary N) is 2. The normalized spacial score (nSPS) is 13.4. The summed E-state index contributed by atoms with van der Waals surface area (Å²) in [6.07, 6.45) is 6.36. The van der Waals surface area contributed by atoms with Gasteiger partial charge in [0.2, 0.25) is 0 Å². The van der Waals surface area contributed by atoms with Crippen LogP contribution in [0.15, 0.2) is 36.1 Å². The minimum absolute atomic E-state index is 0. The largest absolute Gasteiger partial charge is 0.508 e. The first-order valence-corrected chi connectivity index (χ1v) is 6.24. The van der Waals surface area contributed by atoms with Crippen molar-refractivity contribution in [1.82, 2.24) is 4.98 Å². The number of aromatic nitrogens is 1. The van der Waals surface area contributed by atoms with Crippen molar-refractivity contribution in [3.05, 3.63) is 47.4 Å². The van der Waals surface area contributed by atoms with Gasteiger partial charge in [-0.05, 0) is 31.1 Å². The van der Waals surface area contributed by atoms with Crippen molar-refractivity contribution in [3.63, 3.8) is 0 Å². The van der Waals surface area contributed by atoms with E-state index in [-0.39, 0.29) is 12.4 Å². The number of fused-ring (bicyclic) bond motifs is 3. The molecule has 0 amide bonds. The maximum atomic E-state index is 9.67. The number of halogens is 1. The van der Waals surface area contributed by atoms with E-state index in [4.69, 9.17) is 0 Å². The monoisotopic (exact) mass is 276 g/mol. The first-order valence-electron chi connectivity index (χ1n) is 6.24. The second kappa shape index (κ2) is 5.41. The third kappa shape index (κ3) is 2.34. The minimum Gasteiger partial charge on any atom is -0.508 e. The van der Waals surface area contributed by atoms with E-state index < -0.39 is 0 Å². The van der Waals surface area contributed by atoms with Crippen LogP contribution in [0.2, 0.25) is 0 Å². The Morgan fingerprint density at radius 1 is 1.37 bits per heavy atom. The number of hydrogen-bond acceptors (Lipinski definition) is 2. The number of para-hydroxylation sites is 1. The molecule has 3 rings (SSSR count). The van der Waals surface area contributed by atoms with Gasteiger partial charge in [-0.15, -0.1) is 12.4 Å². The van der Waals surface area contributed by atoms with Gasteiger partial charge in [0.1, 0.15) is 5.76 Å². The highest BCUT2D eigenvalue weighted by atomic mass is 35.5. The molecule has 1 heterocycles. The highest BCUT2D eigenvalue weighted by Crippen LogP contribution is 2.31. The number of aliphatic hydroxyl groups excluding tert-OH is 1. The van der Waals surface area contributed by atoms with E-state index in [2.05, 4.69) is 35.4 Å². The summed E-state index contributed by atoms with van der Waals surface area (Å²) in [7, 11) is 0. The van der Waals surface area contributed by atoms with Crippen molar-refractivity contribution >= 4 is 35.1 Å². The molecule has 1 aliphatic carbocycles. The molecule has 0 unspecified atom stereocenters. The Morgan fingerprint density at radius 3 is 3.00 bits per heavy atom.